The Balaban J connectivity index is 1.86. The molecule has 20 heavy (non-hydrogen) atoms. The number of furan rings is 1. The average Bonchev–Trinajstić information content (AvgIpc) is 3.02. The molecule has 1 amide bonds. The van der Waals surface area contributed by atoms with E-state index in [1.54, 1.807) is 24.3 Å². The number of hydrogen-bond acceptors (Lipinski definition) is 3. The van der Waals surface area contributed by atoms with Gasteiger partial charge in [0.1, 0.15) is 5.58 Å². The normalized spacial score (nSPS) is 22.6. The van der Waals surface area contributed by atoms with Crippen molar-refractivity contribution >= 4 is 28.5 Å². The highest BCUT2D eigenvalue weighted by atomic mass is 35.5. The highest BCUT2D eigenvalue weighted by Crippen LogP contribution is 2.31. The molecule has 1 unspecified atom stereocenters. The van der Waals surface area contributed by atoms with E-state index in [0.29, 0.717) is 29.5 Å². The number of rotatable bonds is 2. The minimum Gasteiger partial charge on any atom is -0.451 e. The van der Waals surface area contributed by atoms with Gasteiger partial charge in [-0.3, -0.25) is 4.79 Å². The third-order valence-corrected chi connectivity index (χ3v) is 4.26. The van der Waals surface area contributed by atoms with Crippen LogP contribution in [0.5, 0.6) is 0 Å². The number of carbonyl (C=O) groups is 1. The summed E-state index contributed by atoms with van der Waals surface area (Å²) in [5.41, 5.74) is 6.47. The average molecular weight is 293 g/mol. The lowest BCUT2D eigenvalue weighted by molar-refractivity contribution is 0.0747. The standard InChI is InChI=1S/C15H17ClN2O2/c1-15(8-17)4-5-18(9-15)14(19)13-7-10-6-11(16)2-3-12(10)20-13/h2-3,6-7H,4-5,8-9,17H2,1H3. The van der Waals surface area contributed by atoms with Crippen LogP contribution in [0.25, 0.3) is 11.0 Å². The van der Waals surface area contributed by atoms with E-state index in [0.717, 1.165) is 18.4 Å². The van der Waals surface area contributed by atoms with Crippen LogP contribution in [0.3, 0.4) is 0 Å². The first-order valence-electron chi connectivity index (χ1n) is 6.69. The van der Waals surface area contributed by atoms with Crippen molar-refractivity contribution < 1.29 is 9.21 Å². The van der Waals surface area contributed by atoms with E-state index in [-0.39, 0.29) is 11.3 Å². The zero-order chi connectivity index (χ0) is 14.3. The quantitative estimate of drug-likeness (QED) is 0.926. The van der Waals surface area contributed by atoms with Crippen LogP contribution in [0.2, 0.25) is 5.02 Å². The molecule has 5 heteroatoms. The second-order valence-electron chi connectivity index (χ2n) is 5.78. The molecule has 1 atom stereocenters. The molecule has 2 N–H and O–H groups in total. The maximum absolute atomic E-state index is 12.5. The Bertz CT molecular complexity index is 667. The highest BCUT2D eigenvalue weighted by molar-refractivity contribution is 6.31. The molecular weight excluding hydrogens is 276 g/mol. The highest BCUT2D eigenvalue weighted by Gasteiger charge is 2.36. The molecule has 2 aromatic rings. The zero-order valence-corrected chi connectivity index (χ0v) is 12.1. The van der Waals surface area contributed by atoms with Gasteiger partial charge < -0.3 is 15.1 Å². The van der Waals surface area contributed by atoms with Gasteiger partial charge in [0.15, 0.2) is 5.76 Å². The molecule has 0 bridgehead atoms. The minimum absolute atomic E-state index is 0.0188. The lowest BCUT2D eigenvalue weighted by Crippen LogP contribution is -2.34. The van der Waals surface area contributed by atoms with Gasteiger partial charge in [-0.25, -0.2) is 0 Å². The number of carbonyl (C=O) groups excluding carboxylic acids is 1. The number of halogens is 1. The van der Waals surface area contributed by atoms with Crippen molar-refractivity contribution in [2.75, 3.05) is 19.6 Å². The number of likely N-dealkylation sites (tertiary alicyclic amines) is 1. The molecule has 106 valence electrons. The monoisotopic (exact) mass is 292 g/mol. The summed E-state index contributed by atoms with van der Waals surface area (Å²) in [7, 11) is 0. The molecule has 2 heterocycles. The van der Waals surface area contributed by atoms with Crippen LogP contribution >= 0.6 is 11.6 Å². The summed E-state index contributed by atoms with van der Waals surface area (Å²) in [6.45, 7) is 4.11. The van der Waals surface area contributed by atoms with Crippen molar-refractivity contribution in [3.63, 3.8) is 0 Å². The molecule has 0 radical (unpaired) electrons. The first-order valence-corrected chi connectivity index (χ1v) is 7.07. The van der Waals surface area contributed by atoms with Crippen molar-refractivity contribution in [2.24, 2.45) is 11.1 Å². The molecule has 1 aliphatic rings. The molecule has 1 saturated heterocycles. The third-order valence-electron chi connectivity index (χ3n) is 4.03. The first kappa shape index (κ1) is 13.5. The van der Waals surface area contributed by atoms with Crippen LogP contribution in [0, 0.1) is 5.41 Å². The Morgan fingerprint density at radius 3 is 3.00 bits per heavy atom. The number of benzene rings is 1. The van der Waals surface area contributed by atoms with Crippen molar-refractivity contribution in [3.8, 4) is 0 Å². The fraction of sp³-hybridized carbons (Fsp3) is 0.400. The number of amides is 1. The Labute approximate surface area is 122 Å². The second kappa shape index (κ2) is 4.79. The van der Waals surface area contributed by atoms with Crippen LogP contribution in [0.4, 0.5) is 0 Å². The molecule has 0 aliphatic carbocycles. The van der Waals surface area contributed by atoms with Gasteiger partial charge in [0, 0.05) is 23.5 Å². The molecule has 4 nitrogen and oxygen atoms in total. The fourth-order valence-corrected chi connectivity index (χ4v) is 2.82. The predicted molar refractivity (Wildman–Crippen MR) is 78.9 cm³/mol. The van der Waals surface area contributed by atoms with E-state index in [4.69, 9.17) is 21.8 Å². The number of fused-ring (bicyclic) bond motifs is 1. The van der Waals surface area contributed by atoms with Crippen molar-refractivity contribution in [2.45, 2.75) is 13.3 Å². The number of nitrogens with zero attached hydrogens (tertiary/aromatic N) is 1. The molecule has 1 aromatic carbocycles. The number of nitrogens with two attached hydrogens (primary N) is 1. The minimum atomic E-state index is -0.0745. The molecule has 3 rings (SSSR count). The van der Waals surface area contributed by atoms with E-state index in [1.165, 1.54) is 0 Å². The van der Waals surface area contributed by atoms with Crippen LogP contribution in [-0.2, 0) is 0 Å². The van der Waals surface area contributed by atoms with E-state index >= 15 is 0 Å². The summed E-state index contributed by atoms with van der Waals surface area (Å²) < 4.78 is 5.62. The lowest BCUT2D eigenvalue weighted by atomic mass is 9.90. The van der Waals surface area contributed by atoms with Gasteiger partial charge in [0.2, 0.25) is 0 Å². The zero-order valence-electron chi connectivity index (χ0n) is 11.4. The largest absolute Gasteiger partial charge is 0.451 e. The van der Waals surface area contributed by atoms with Gasteiger partial charge in [-0.1, -0.05) is 18.5 Å². The maximum Gasteiger partial charge on any atom is 0.289 e. The van der Waals surface area contributed by atoms with E-state index in [1.807, 2.05) is 4.90 Å². The summed E-state index contributed by atoms with van der Waals surface area (Å²) in [4.78, 5) is 14.3. The topological polar surface area (TPSA) is 59.5 Å². The SMILES string of the molecule is CC1(CN)CCN(C(=O)c2cc3cc(Cl)ccc3o2)C1. The molecule has 1 aromatic heterocycles. The Kier molecular flexibility index (Phi) is 3.22. The number of hydrogen-bond donors (Lipinski definition) is 1. The summed E-state index contributed by atoms with van der Waals surface area (Å²) >= 11 is 5.94. The fourth-order valence-electron chi connectivity index (χ4n) is 2.64. The smallest absolute Gasteiger partial charge is 0.289 e. The Hall–Kier alpha value is -1.52. The molecule has 0 saturated carbocycles. The van der Waals surface area contributed by atoms with Gasteiger partial charge in [-0.05, 0) is 42.6 Å². The Morgan fingerprint density at radius 2 is 2.30 bits per heavy atom. The first-order chi connectivity index (χ1) is 9.50. The van der Waals surface area contributed by atoms with Gasteiger partial charge in [0.25, 0.3) is 5.91 Å². The van der Waals surface area contributed by atoms with Crippen molar-refractivity contribution in [3.05, 3.63) is 35.0 Å². The van der Waals surface area contributed by atoms with Crippen LogP contribution in [-0.4, -0.2) is 30.4 Å². The van der Waals surface area contributed by atoms with Gasteiger partial charge >= 0.3 is 0 Å². The van der Waals surface area contributed by atoms with Gasteiger partial charge in [0.05, 0.1) is 0 Å². The second-order valence-corrected chi connectivity index (χ2v) is 6.22. The Morgan fingerprint density at radius 1 is 1.50 bits per heavy atom. The van der Waals surface area contributed by atoms with Crippen LogP contribution in [0.1, 0.15) is 23.9 Å². The summed E-state index contributed by atoms with van der Waals surface area (Å²) in [5, 5.41) is 1.48. The molecule has 1 aliphatic heterocycles. The predicted octanol–water partition coefficient (Wildman–Crippen LogP) is 2.90. The summed E-state index contributed by atoms with van der Waals surface area (Å²) in [5.74, 6) is 0.290. The van der Waals surface area contributed by atoms with Gasteiger partial charge in [-0.2, -0.15) is 0 Å². The van der Waals surface area contributed by atoms with Crippen molar-refractivity contribution in [1.29, 1.82) is 0 Å². The van der Waals surface area contributed by atoms with E-state index < -0.39 is 0 Å². The lowest BCUT2D eigenvalue weighted by Gasteiger charge is -2.21. The molecular formula is C15H17ClN2O2. The van der Waals surface area contributed by atoms with Crippen LogP contribution in [0.15, 0.2) is 28.7 Å². The van der Waals surface area contributed by atoms with Crippen molar-refractivity contribution in [1.82, 2.24) is 4.90 Å². The molecule has 1 fully saturated rings. The summed E-state index contributed by atoms with van der Waals surface area (Å²) in [6.07, 6.45) is 0.932. The maximum atomic E-state index is 12.5. The van der Waals surface area contributed by atoms with E-state index in [9.17, 15) is 4.79 Å². The molecule has 0 spiro atoms. The third kappa shape index (κ3) is 2.30. The van der Waals surface area contributed by atoms with Crippen LogP contribution < -0.4 is 5.73 Å². The van der Waals surface area contributed by atoms with E-state index in [2.05, 4.69) is 6.92 Å². The van der Waals surface area contributed by atoms with Gasteiger partial charge in [-0.15, -0.1) is 0 Å². The summed E-state index contributed by atoms with van der Waals surface area (Å²) in [6, 6.07) is 7.08.